The van der Waals surface area contributed by atoms with E-state index < -0.39 is 12.0 Å². The smallest absolute Gasteiger partial charge is 0.341 e. The molecule has 0 fully saturated rings. The number of carbonyl (C=O) groups excluding carboxylic acids is 1. The van der Waals surface area contributed by atoms with Crippen molar-refractivity contribution in [1.29, 1.82) is 0 Å². The Morgan fingerprint density at radius 1 is 1.00 bits per heavy atom. The maximum Gasteiger partial charge on any atom is 0.341 e. The molecule has 0 spiro atoms. The zero-order chi connectivity index (χ0) is 14.2. The third-order valence-corrected chi connectivity index (χ3v) is 2.89. The van der Waals surface area contributed by atoms with Crippen LogP contribution in [0.3, 0.4) is 0 Å². The quantitative estimate of drug-likeness (QED) is 0.786. The molecule has 20 heavy (non-hydrogen) atoms. The molecule has 2 aromatic carbocycles. The van der Waals surface area contributed by atoms with Gasteiger partial charge in [-0.15, -0.1) is 5.48 Å². The van der Waals surface area contributed by atoms with Crippen molar-refractivity contribution >= 4 is 5.97 Å². The van der Waals surface area contributed by atoms with Crippen LogP contribution in [0, 0.1) is 0 Å². The van der Waals surface area contributed by atoms with Gasteiger partial charge in [0.2, 0.25) is 0 Å². The van der Waals surface area contributed by atoms with E-state index in [9.17, 15) is 4.79 Å². The van der Waals surface area contributed by atoms with Crippen LogP contribution in [-0.4, -0.2) is 12.0 Å². The van der Waals surface area contributed by atoms with E-state index in [0.717, 1.165) is 11.1 Å². The average molecular weight is 270 g/mol. The third-order valence-electron chi connectivity index (χ3n) is 2.89. The molecule has 4 heteroatoms. The van der Waals surface area contributed by atoms with Crippen LogP contribution in [0.4, 0.5) is 0 Å². The summed E-state index contributed by atoms with van der Waals surface area (Å²) in [5.41, 5.74) is 10.5. The normalized spacial score (nSPS) is 11.8. The van der Waals surface area contributed by atoms with Gasteiger partial charge in [-0.25, -0.2) is 4.79 Å². The van der Waals surface area contributed by atoms with Crippen LogP contribution >= 0.6 is 0 Å². The minimum atomic E-state index is -0.666. The van der Waals surface area contributed by atoms with Gasteiger partial charge in [0.1, 0.15) is 6.04 Å². The molecule has 0 amide bonds. The van der Waals surface area contributed by atoms with E-state index in [1.54, 1.807) is 0 Å². The summed E-state index contributed by atoms with van der Waals surface area (Å²) in [6.07, 6.45) is 0.465. The molecule has 4 nitrogen and oxygen atoms in total. The summed E-state index contributed by atoms with van der Waals surface area (Å²) in [6, 6.07) is 18.7. The summed E-state index contributed by atoms with van der Waals surface area (Å²) >= 11 is 0. The maximum absolute atomic E-state index is 11.7. The van der Waals surface area contributed by atoms with Gasteiger partial charge in [-0.05, 0) is 17.5 Å². The van der Waals surface area contributed by atoms with Crippen molar-refractivity contribution in [2.24, 2.45) is 5.73 Å². The van der Waals surface area contributed by atoms with Gasteiger partial charge in [0, 0.05) is 0 Å². The van der Waals surface area contributed by atoms with Gasteiger partial charge in [0.25, 0.3) is 0 Å². The Morgan fingerprint density at radius 2 is 1.55 bits per heavy atom. The molecular weight excluding hydrogens is 252 g/mol. The number of benzene rings is 2. The highest BCUT2D eigenvalue weighted by molar-refractivity contribution is 5.75. The molecule has 0 aliphatic heterocycles. The molecular formula is C16H18N2O2. The summed E-state index contributed by atoms with van der Waals surface area (Å²) < 4.78 is 0. The predicted octanol–water partition coefficient (Wildman–Crippen LogP) is 1.80. The molecule has 0 saturated carbocycles. The second kappa shape index (κ2) is 7.43. The number of hydrogen-bond donors (Lipinski definition) is 2. The van der Waals surface area contributed by atoms with Crippen molar-refractivity contribution in [3.63, 3.8) is 0 Å². The summed E-state index contributed by atoms with van der Waals surface area (Å²) in [6.45, 7) is 0.463. The number of carbonyl (C=O) groups is 1. The van der Waals surface area contributed by atoms with Crippen LogP contribution in [0.25, 0.3) is 0 Å². The fraction of sp³-hybridized carbons (Fsp3) is 0.188. The Morgan fingerprint density at radius 3 is 2.15 bits per heavy atom. The van der Waals surface area contributed by atoms with Crippen LogP contribution < -0.4 is 11.2 Å². The van der Waals surface area contributed by atoms with E-state index in [1.165, 1.54) is 0 Å². The van der Waals surface area contributed by atoms with Crippen molar-refractivity contribution in [3.05, 3.63) is 71.8 Å². The van der Waals surface area contributed by atoms with Crippen LogP contribution in [-0.2, 0) is 22.6 Å². The van der Waals surface area contributed by atoms with E-state index in [4.69, 9.17) is 10.6 Å². The van der Waals surface area contributed by atoms with Crippen molar-refractivity contribution in [2.75, 3.05) is 0 Å². The van der Waals surface area contributed by atoms with E-state index in [0.29, 0.717) is 13.0 Å². The van der Waals surface area contributed by atoms with Gasteiger partial charge >= 0.3 is 5.97 Å². The van der Waals surface area contributed by atoms with Crippen LogP contribution in [0.1, 0.15) is 11.1 Å². The van der Waals surface area contributed by atoms with Gasteiger partial charge in [-0.1, -0.05) is 60.7 Å². The van der Waals surface area contributed by atoms with Crippen molar-refractivity contribution < 1.29 is 9.63 Å². The van der Waals surface area contributed by atoms with Crippen molar-refractivity contribution in [1.82, 2.24) is 5.48 Å². The van der Waals surface area contributed by atoms with Gasteiger partial charge in [0.15, 0.2) is 0 Å². The maximum atomic E-state index is 11.7. The Hall–Kier alpha value is -2.17. The number of hydrogen-bond acceptors (Lipinski definition) is 4. The average Bonchev–Trinajstić information content (AvgIpc) is 2.49. The predicted molar refractivity (Wildman–Crippen MR) is 77.5 cm³/mol. The zero-order valence-electron chi connectivity index (χ0n) is 11.2. The SMILES string of the molecule is N[C@@H](Cc1ccccc1)C(=O)ONCc1ccccc1. The van der Waals surface area contributed by atoms with Crippen LogP contribution in [0.2, 0.25) is 0 Å². The third kappa shape index (κ3) is 4.50. The van der Waals surface area contributed by atoms with Gasteiger partial charge < -0.3 is 10.6 Å². The van der Waals surface area contributed by atoms with E-state index in [1.807, 2.05) is 60.7 Å². The topological polar surface area (TPSA) is 64.4 Å². The van der Waals surface area contributed by atoms with E-state index in [-0.39, 0.29) is 0 Å². The minimum Gasteiger partial charge on any atom is -0.369 e. The largest absolute Gasteiger partial charge is 0.369 e. The molecule has 0 heterocycles. The molecule has 2 rings (SSSR count). The zero-order valence-corrected chi connectivity index (χ0v) is 11.2. The molecule has 0 aromatic heterocycles. The van der Waals surface area contributed by atoms with Crippen LogP contribution in [0.5, 0.6) is 0 Å². The van der Waals surface area contributed by atoms with Gasteiger partial charge in [-0.2, -0.15) is 0 Å². The highest BCUT2D eigenvalue weighted by atomic mass is 16.7. The molecule has 0 bridgehead atoms. The summed E-state index contributed by atoms with van der Waals surface area (Å²) in [5.74, 6) is -0.454. The molecule has 104 valence electrons. The molecule has 0 aliphatic carbocycles. The van der Waals surface area contributed by atoms with Crippen molar-refractivity contribution in [2.45, 2.75) is 19.0 Å². The van der Waals surface area contributed by atoms with E-state index in [2.05, 4.69) is 5.48 Å². The lowest BCUT2D eigenvalue weighted by molar-refractivity contribution is -0.153. The number of rotatable bonds is 6. The van der Waals surface area contributed by atoms with Gasteiger partial charge in [0.05, 0.1) is 6.54 Å². The first kappa shape index (κ1) is 14.2. The highest BCUT2D eigenvalue weighted by Crippen LogP contribution is 2.03. The molecule has 0 unspecified atom stereocenters. The second-order valence-corrected chi connectivity index (χ2v) is 4.52. The number of nitrogens with one attached hydrogen (secondary N) is 1. The molecule has 3 N–H and O–H groups in total. The second-order valence-electron chi connectivity index (χ2n) is 4.52. The lowest BCUT2D eigenvalue weighted by Crippen LogP contribution is -2.37. The monoisotopic (exact) mass is 270 g/mol. The highest BCUT2D eigenvalue weighted by Gasteiger charge is 2.15. The summed E-state index contributed by atoms with van der Waals surface area (Å²) in [4.78, 5) is 16.7. The number of nitrogens with two attached hydrogens (primary N) is 1. The molecule has 2 aromatic rings. The van der Waals surface area contributed by atoms with Gasteiger partial charge in [-0.3, -0.25) is 0 Å². The molecule has 0 saturated heterocycles. The fourth-order valence-corrected chi connectivity index (χ4v) is 1.81. The minimum absolute atomic E-state index is 0.454. The number of hydroxylamine groups is 1. The first-order valence-electron chi connectivity index (χ1n) is 6.52. The Kier molecular flexibility index (Phi) is 5.29. The fourth-order valence-electron chi connectivity index (χ4n) is 1.81. The van der Waals surface area contributed by atoms with E-state index >= 15 is 0 Å². The lowest BCUT2D eigenvalue weighted by atomic mass is 10.1. The standard InChI is InChI=1S/C16H18N2O2/c17-15(11-13-7-3-1-4-8-13)16(19)20-18-12-14-9-5-2-6-10-14/h1-10,15,18H,11-12,17H2/t15-/m0/s1. The Bertz CT molecular complexity index is 529. The first-order chi connectivity index (χ1) is 9.75. The summed E-state index contributed by atoms with van der Waals surface area (Å²) in [7, 11) is 0. The Labute approximate surface area is 118 Å². The molecule has 0 radical (unpaired) electrons. The first-order valence-corrected chi connectivity index (χ1v) is 6.52. The van der Waals surface area contributed by atoms with Crippen LogP contribution in [0.15, 0.2) is 60.7 Å². The lowest BCUT2D eigenvalue weighted by Gasteiger charge is -2.11. The summed E-state index contributed by atoms with van der Waals surface area (Å²) in [5, 5.41) is 0. The van der Waals surface area contributed by atoms with Crippen molar-refractivity contribution in [3.8, 4) is 0 Å². The molecule has 1 atom stereocenters. The molecule has 0 aliphatic rings. The Balaban J connectivity index is 1.74.